The van der Waals surface area contributed by atoms with Crippen LogP contribution in [0, 0.1) is 5.82 Å². The molecular formula is C20H26FN2O7P. The summed E-state index contributed by atoms with van der Waals surface area (Å²) in [5.41, 5.74) is 0.190. The second-order valence-corrected chi connectivity index (χ2v) is 10.6. The second kappa shape index (κ2) is 8.20. The Morgan fingerprint density at radius 1 is 1.26 bits per heavy atom. The molecule has 170 valence electrons. The molecule has 0 aliphatic carbocycles. The number of nitrogens with zero attached hydrogens (tertiary/aromatic N) is 1. The number of benzene rings is 1. The van der Waals surface area contributed by atoms with Gasteiger partial charge in [-0.2, -0.15) is 0 Å². The van der Waals surface area contributed by atoms with Crippen LogP contribution in [0.4, 0.5) is 4.39 Å². The first kappa shape index (κ1) is 22.3. The number of fused-ring (bicyclic) bond motifs is 1. The molecule has 0 unspecified atom stereocenters. The minimum atomic E-state index is -3.92. The van der Waals surface area contributed by atoms with Crippen LogP contribution < -0.4 is 11.2 Å². The summed E-state index contributed by atoms with van der Waals surface area (Å²) in [6.45, 7) is 6.50. The fourth-order valence-corrected chi connectivity index (χ4v) is 5.16. The molecule has 2 saturated heterocycles. The average molecular weight is 456 g/mol. The molecule has 11 heteroatoms. The SMILES string of the molecule is CC(C)(C)c1ccc(CO[PH]2(O)OC[C@H]3O[C@@H](n4cc(F)c(=O)[nH]c4=O)C[C@@H]3O2)cc1. The van der Waals surface area contributed by atoms with Crippen molar-refractivity contribution in [2.24, 2.45) is 0 Å². The molecule has 0 spiro atoms. The molecule has 2 fully saturated rings. The minimum absolute atomic E-state index is 0.00738. The van der Waals surface area contributed by atoms with Gasteiger partial charge in [0.1, 0.15) is 0 Å². The van der Waals surface area contributed by atoms with Gasteiger partial charge in [-0.25, -0.2) is 0 Å². The van der Waals surface area contributed by atoms with Gasteiger partial charge in [0.25, 0.3) is 0 Å². The molecule has 0 radical (unpaired) electrons. The van der Waals surface area contributed by atoms with E-state index in [4.69, 9.17) is 18.3 Å². The first-order valence-corrected chi connectivity index (χ1v) is 11.7. The van der Waals surface area contributed by atoms with Crippen LogP contribution in [0.5, 0.6) is 0 Å². The number of hydrogen-bond donors (Lipinski definition) is 2. The molecule has 4 rings (SSSR count). The van der Waals surface area contributed by atoms with Crippen molar-refractivity contribution in [2.45, 2.75) is 57.6 Å². The van der Waals surface area contributed by atoms with Crippen LogP contribution in [0.15, 0.2) is 40.1 Å². The van der Waals surface area contributed by atoms with Crippen molar-refractivity contribution in [2.75, 3.05) is 6.61 Å². The summed E-state index contributed by atoms with van der Waals surface area (Å²) in [6, 6.07) is 7.88. The summed E-state index contributed by atoms with van der Waals surface area (Å²) >= 11 is 0. The zero-order valence-electron chi connectivity index (χ0n) is 17.5. The van der Waals surface area contributed by atoms with Gasteiger partial charge in [0, 0.05) is 0 Å². The van der Waals surface area contributed by atoms with E-state index in [0.29, 0.717) is 0 Å². The fraction of sp³-hybridized carbons (Fsp3) is 0.500. The molecular weight excluding hydrogens is 430 g/mol. The Balaban J connectivity index is 1.39. The van der Waals surface area contributed by atoms with E-state index in [2.05, 4.69) is 20.8 Å². The number of ether oxygens (including phenoxy) is 1. The summed E-state index contributed by atoms with van der Waals surface area (Å²) in [7, 11) is -3.92. The second-order valence-electron chi connectivity index (χ2n) is 8.74. The molecule has 0 bridgehead atoms. The van der Waals surface area contributed by atoms with Crippen LogP contribution in [0.3, 0.4) is 0 Å². The molecule has 2 N–H and O–H groups in total. The third-order valence-electron chi connectivity index (χ3n) is 5.39. The standard InChI is InChI=1S/C20H26FN2O7P/c1-20(2,3)13-6-4-12(5-7-13)10-27-31(26)28-11-16-15(30-31)8-17(29-16)23-9-14(21)18(24)22-19(23)25/h4-7,9,15-17,26,31H,8,10-11H2,1-3H3,(H,22,24,25)/t15-,16+,17+/m0/s1. The van der Waals surface area contributed by atoms with Gasteiger partial charge in [-0.1, -0.05) is 0 Å². The van der Waals surface area contributed by atoms with Crippen LogP contribution in [-0.2, 0) is 30.3 Å². The first-order valence-electron chi connectivity index (χ1n) is 9.98. The molecule has 1 aromatic carbocycles. The Hall–Kier alpha value is -1.94. The Kier molecular flexibility index (Phi) is 5.89. The molecule has 1 aromatic heterocycles. The zero-order chi connectivity index (χ0) is 22.4. The normalized spacial score (nSPS) is 26.4. The number of halogens is 1. The fourth-order valence-electron chi connectivity index (χ4n) is 3.58. The third-order valence-corrected chi connectivity index (χ3v) is 7.03. The van der Waals surface area contributed by atoms with Crippen LogP contribution >= 0.6 is 8.17 Å². The number of rotatable bonds is 4. The molecule has 2 aliphatic heterocycles. The van der Waals surface area contributed by atoms with Gasteiger partial charge in [-0.15, -0.1) is 0 Å². The summed E-state index contributed by atoms with van der Waals surface area (Å²) in [5, 5.41) is 0. The van der Waals surface area contributed by atoms with E-state index in [0.717, 1.165) is 16.3 Å². The van der Waals surface area contributed by atoms with Gasteiger partial charge in [-0.3, -0.25) is 0 Å². The monoisotopic (exact) mass is 456 g/mol. The maximum atomic E-state index is 13.6. The van der Waals surface area contributed by atoms with E-state index in [-0.39, 0.29) is 25.0 Å². The van der Waals surface area contributed by atoms with Crippen LogP contribution in [0.25, 0.3) is 0 Å². The summed E-state index contributed by atoms with van der Waals surface area (Å²) in [6.07, 6.45) is -1.06. The number of H-pyrrole nitrogens is 1. The van der Waals surface area contributed by atoms with Crippen molar-refractivity contribution < 1.29 is 27.6 Å². The van der Waals surface area contributed by atoms with Crippen LogP contribution in [0.1, 0.15) is 44.5 Å². The van der Waals surface area contributed by atoms with Crippen molar-refractivity contribution in [3.05, 3.63) is 68.2 Å². The summed E-state index contributed by atoms with van der Waals surface area (Å²) in [5.74, 6) is -1.10. The van der Waals surface area contributed by atoms with Crippen molar-refractivity contribution in [1.82, 2.24) is 9.55 Å². The first-order chi connectivity index (χ1) is 14.5. The van der Waals surface area contributed by atoms with Gasteiger partial charge in [0.15, 0.2) is 0 Å². The van der Waals surface area contributed by atoms with Gasteiger partial charge >= 0.3 is 178 Å². The van der Waals surface area contributed by atoms with Crippen molar-refractivity contribution in [3.63, 3.8) is 0 Å². The molecule has 3 heterocycles. The molecule has 9 nitrogen and oxygen atoms in total. The molecule has 31 heavy (non-hydrogen) atoms. The van der Waals surface area contributed by atoms with Crippen molar-refractivity contribution >= 4 is 8.17 Å². The number of aromatic nitrogens is 2. The Morgan fingerprint density at radius 2 is 1.97 bits per heavy atom. The van der Waals surface area contributed by atoms with E-state index in [1.807, 2.05) is 29.2 Å². The number of aromatic amines is 1. The van der Waals surface area contributed by atoms with Crippen molar-refractivity contribution in [3.8, 4) is 0 Å². The maximum absolute atomic E-state index is 13.6. The van der Waals surface area contributed by atoms with E-state index in [1.54, 1.807) is 0 Å². The summed E-state index contributed by atoms with van der Waals surface area (Å²) in [4.78, 5) is 35.8. The predicted molar refractivity (Wildman–Crippen MR) is 111 cm³/mol. The number of nitrogens with one attached hydrogen (secondary N) is 1. The Bertz CT molecular complexity index is 1060. The average Bonchev–Trinajstić information content (AvgIpc) is 3.11. The third kappa shape index (κ3) is 4.79. The quantitative estimate of drug-likeness (QED) is 0.679. The Morgan fingerprint density at radius 3 is 2.65 bits per heavy atom. The van der Waals surface area contributed by atoms with E-state index in [9.17, 15) is 18.9 Å². The van der Waals surface area contributed by atoms with Gasteiger partial charge in [0.2, 0.25) is 0 Å². The summed E-state index contributed by atoms with van der Waals surface area (Å²) < 4.78 is 37.0. The molecule has 2 aromatic rings. The number of hydrogen-bond acceptors (Lipinski definition) is 7. The molecule has 3 atom stereocenters. The van der Waals surface area contributed by atoms with Gasteiger partial charge in [-0.05, 0) is 0 Å². The Labute approximate surface area is 178 Å². The predicted octanol–water partition coefficient (Wildman–Crippen LogP) is 2.30. The van der Waals surface area contributed by atoms with Crippen molar-refractivity contribution in [1.29, 1.82) is 0 Å². The molecule has 0 amide bonds. The van der Waals surface area contributed by atoms with E-state index in [1.165, 1.54) is 5.56 Å². The van der Waals surface area contributed by atoms with Crippen LogP contribution in [0.2, 0.25) is 0 Å². The van der Waals surface area contributed by atoms with Crippen LogP contribution in [-0.4, -0.2) is 33.3 Å². The topological polar surface area (TPSA) is 112 Å². The molecule has 0 saturated carbocycles. The van der Waals surface area contributed by atoms with Gasteiger partial charge < -0.3 is 0 Å². The molecule has 2 aliphatic rings. The van der Waals surface area contributed by atoms with E-state index < -0.39 is 43.7 Å². The zero-order valence-corrected chi connectivity index (χ0v) is 18.5. The van der Waals surface area contributed by atoms with E-state index >= 15 is 0 Å². The van der Waals surface area contributed by atoms with Gasteiger partial charge in [0.05, 0.1) is 0 Å².